The highest BCUT2D eigenvalue weighted by Gasteiger charge is 2.33. The van der Waals surface area contributed by atoms with Crippen molar-refractivity contribution in [3.8, 4) is 11.3 Å². The standard InChI is InChI=1S/C23H32N4O.HI/c1-24-22(27-18-23(13-15-28-2)11-4-5-12-23)26-17-19-8-7-9-20(16-19)21-10-3-6-14-25-21;/h3,6-10,14,16H,4-5,11-13,15,17-18H2,1-2H3,(H2,24,26,27);1H. The van der Waals surface area contributed by atoms with Gasteiger partial charge in [-0.15, -0.1) is 24.0 Å². The monoisotopic (exact) mass is 508 g/mol. The summed E-state index contributed by atoms with van der Waals surface area (Å²) in [6, 6.07) is 14.5. The molecule has 2 N–H and O–H groups in total. The summed E-state index contributed by atoms with van der Waals surface area (Å²) in [4.78, 5) is 8.85. The lowest BCUT2D eigenvalue weighted by Crippen LogP contribution is -2.43. The molecule has 0 radical (unpaired) electrons. The van der Waals surface area contributed by atoms with Crippen molar-refractivity contribution < 1.29 is 4.74 Å². The van der Waals surface area contributed by atoms with E-state index in [9.17, 15) is 0 Å². The number of methoxy groups -OCH3 is 1. The normalized spacial score (nSPS) is 15.6. The number of aliphatic imine (C=N–C) groups is 1. The van der Waals surface area contributed by atoms with Crippen molar-refractivity contribution in [2.75, 3.05) is 27.3 Å². The molecule has 158 valence electrons. The highest BCUT2D eigenvalue weighted by atomic mass is 127. The third-order valence-electron chi connectivity index (χ3n) is 5.70. The van der Waals surface area contributed by atoms with E-state index in [1.807, 2.05) is 31.4 Å². The van der Waals surface area contributed by atoms with Crippen molar-refractivity contribution in [2.24, 2.45) is 10.4 Å². The number of hydrogen-bond acceptors (Lipinski definition) is 3. The van der Waals surface area contributed by atoms with Crippen LogP contribution in [-0.2, 0) is 11.3 Å². The predicted molar refractivity (Wildman–Crippen MR) is 131 cm³/mol. The molecule has 6 heteroatoms. The van der Waals surface area contributed by atoms with Crippen molar-refractivity contribution >= 4 is 29.9 Å². The molecule has 5 nitrogen and oxygen atoms in total. The first-order valence-corrected chi connectivity index (χ1v) is 10.2. The molecule has 0 unspecified atom stereocenters. The van der Waals surface area contributed by atoms with Gasteiger partial charge in [-0.3, -0.25) is 9.98 Å². The molecule has 0 aliphatic heterocycles. The quantitative estimate of drug-likeness (QED) is 0.310. The molecule has 0 spiro atoms. The van der Waals surface area contributed by atoms with E-state index in [4.69, 9.17) is 4.74 Å². The first-order chi connectivity index (χ1) is 13.7. The molecule has 1 fully saturated rings. The summed E-state index contributed by atoms with van der Waals surface area (Å²) in [5.41, 5.74) is 3.67. The van der Waals surface area contributed by atoms with E-state index in [1.165, 1.54) is 31.2 Å². The molecular weight excluding hydrogens is 475 g/mol. The molecule has 1 aliphatic carbocycles. The Morgan fingerprint density at radius 2 is 1.97 bits per heavy atom. The summed E-state index contributed by atoms with van der Waals surface area (Å²) in [6.07, 6.45) is 8.11. The number of benzene rings is 1. The minimum Gasteiger partial charge on any atom is -0.385 e. The third-order valence-corrected chi connectivity index (χ3v) is 5.70. The lowest BCUT2D eigenvalue weighted by atomic mass is 9.83. The van der Waals surface area contributed by atoms with Gasteiger partial charge in [0.2, 0.25) is 0 Å². The fourth-order valence-corrected chi connectivity index (χ4v) is 4.01. The highest BCUT2D eigenvalue weighted by Crippen LogP contribution is 2.40. The Morgan fingerprint density at radius 1 is 1.14 bits per heavy atom. The Morgan fingerprint density at radius 3 is 2.66 bits per heavy atom. The minimum atomic E-state index is 0. The van der Waals surface area contributed by atoms with Crippen LogP contribution in [0.25, 0.3) is 11.3 Å². The molecule has 1 aromatic heterocycles. The highest BCUT2D eigenvalue weighted by molar-refractivity contribution is 14.0. The molecule has 1 heterocycles. The molecule has 1 saturated carbocycles. The summed E-state index contributed by atoms with van der Waals surface area (Å²) >= 11 is 0. The molecular formula is C23H33IN4O. The number of hydrogen-bond donors (Lipinski definition) is 2. The largest absolute Gasteiger partial charge is 0.385 e. The van der Waals surface area contributed by atoms with Crippen LogP contribution < -0.4 is 10.6 Å². The van der Waals surface area contributed by atoms with E-state index >= 15 is 0 Å². The zero-order valence-corrected chi connectivity index (χ0v) is 19.8. The van der Waals surface area contributed by atoms with E-state index in [0.717, 1.165) is 43.3 Å². The number of aromatic nitrogens is 1. The van der Waals surface area contributed by atoms with E-state index in [0.29, 0.717) is 5.41 Å². The first kappa shape index (κ1) is 23.6. The molecule has 0 bridgehead atoms. The molecule has 3 rings (SSSR count). The number of halogens is 1. The van der Waals surface area contributed by atoms with Gasteiger partial charge >= 0.3 is 0 Å². The van der Waals surface area contributed by atoms with Crippen LogP contribution in [-0.4, -0.2) is 38.3 Å². The van der Waals surface area contributed by atoms with Gasteiger partial charge in [-0.25, -0.2) is 0 Å². The second-order valence-corrected chi connectivity index (χ2v) is 7.64. The molecule has 2 aromatic rings. The molecule has 0 amide bonds. The summed E-state index contributed by atoms with van der Waals surface area (Å²) in [6.45, 7) is 2.50. The number of nitrogens with one attached hydrogen (secondary N) is 2. The second kappa shape index (κ2) is 12.1. The fraction of sp³-hybridized carbons (Fsp3) is 0.478. The van der Waals surface area contributed by atoms with Crippen LogP contribution in [0, 0.1) is 5.41 Å². The van der Waals surface area contributed by atoms with Gasteiger partial charge in [0.25, 0.3) is 0 Å². The Hall–Kier alpha value is -1.67. The second-order valence-electron chi connectivity index (χ2n) is 7.64. The van der Waals surface area contributed by atoms with Gasteiger partial charge in [-0.1, -0.05) is 37.1 Å². The van der Waals surface area contributed by atoms with E-state index < -0.39 is 0 Å². The smallest absolute Gasteiger partial charge is 0.191 e. The number of pyridine rings is 1. The van der Waals surface area contributed by atoms with Crippen LogP contribution >= 0.6 is 24.0 Å². The van der Waals surface area contributed by atoms with Crippen LogP contribution in [0.1, 0.15) is 37.7 Å². The van der Waals surface area contributed by atoms with Crippen LogP contribution in [0.5, 0.6) is 0 Å². The third kappa shape index (κ3) is 6.96. The summed E-state index contributed by atoms with van der Waals surface area (Å²) in [7, 11) is 3.62. The maximum absolute atomic E-state index is 5.34. The maximum Gasteiger partial charge on any atom is 0.191 e. The Balaban J connectivity index is 0.00000300. The summed E-state index contributed by atoms with van der Waals surface area (Å²) < 4.78 is 5.34. The van der Waals surface area contributed by atoms with Gasteiger partial charge in [-0.2, -0.15) is 0 Å². The first-order valence-electron chi connectivity index (χ1n) is 10.2. The number of ether oxygens (including phenoxy) is 1. The zero-order chi connectivity index (χ0) is 19.7. The maximum atomic E-state index is 5.34. The molecule has 29 heavy (non-hydrogen) atoms. The van der Waals surface area contributed by atoms with E-state index in [2.05, 4.69) is 44.9 Å². The van der Waals surface area contributed by atoms with Gasteiger partial charge in [0.1, 0.15) is 0 Å². The Labute approximate surface area is 191 Å². The molecule has 0 saturated heterocycles. The summed E-state index contributed by atoms with van der Waals surface area (Å²) in [5.74, 6) is 0.854. The number of nitrogens with zero attached hydrogens (tertiary/aromatic N) is 2. The van der Waals surface area contributed by atoms with Crippen molar-refractivity contribution in [3.05, 3.63) is 54.2 Å². The predicted octanol–water partition coefficient (Wildman–Crippen LogP) is 4.63. The lowest BCUT2D eigenvalue weighted by Gasteiger charge is -2.30. The van der Waals surface area contributed by atoms with Gasteiger partial charge in [-0.05, 0) is 48.4 Å². The zero-order valence-electron chi connectivity index (χ0n) is 17.5. The van der Waals surface area contributed by atoms with Crippen molar-refractivity contribution in [1.29, 1.82) is 0 Å². The fourth-order valence-electron chi connectivity index (χ4n) is 4.01. The molecule has 1 aliphatic rings. The topological polar surface area (TPSA) is 58.5 Å². The van der Waals surface area contributed by atoms with Crippen LogP contribution in [0.4, 0.5) is 0 Å². The van der Waals surface area contributed by atoms with Crippen LogP contribution in [0.3, 0.4) is 0 Å². The van der Waals surface area contributed by atoms with Gasteiger partial charge < -0.3 is 15.4 Å². The Bertz CT molecular complexity index is 760. The average molecular weight is 508 g/mol. The number of rotatable bonds is 8. The SMILES string of the molecule is CN=C(NCc1cccc(-c2ccccn2)c1)NCC1(CCOC)CCCC1.I. The Kier molecular flexibility index (Phi) is 9.87. The average Bonchev–Trinajstić information content (AvgIpc) is 3.22. The van der Waals surface area contributed by atoms with Crippen LogP contribution in [0.2, 0.25) is 0 Å². The number of guanidine groups is 1. The van der Waals surface area contributed by atoms with Crippen molar-refractivity contribution in [3.63, 3.8) is 0 Å². The minimum absolute atomic E-state index is 0. The van der Waals surface area contributed by atoms with Crippen molar-refractivity contribution in [2.45, 2.75) is 38.6 Å². The van der Waals surface area contributed by atoms with Crippen molar-refractivity contribution in [1.82, 2.24) is 15.6 Å². The van der Waals surface area contributed by atoms with Gasteiger partial charge in [0, 0.05) is 45.6 Å². The lowest BCUT2D eigenvalue weighted by molar-refractivity contribution is 0.138. The summed E-state index contributed by atoms with van der Waals surface area (Å²) in [5, 5.41) is 7.00. The van der Waals surface area contributed by atoms with E-state index in [1.54, 1.807) is 7.11 Å². The van der Waals surface area contributed by atoms with E-state index in [-0.39, 0.29) is 24.0 Å². The molecule has 0 atom stereocenters. The van der Waals surface area contributed by atoms with Gasteiger partial charge in [0.05, 0.1) is 5.69 Å². The molecule has 1 aromatic carbocycles. The van der Waals surface area contributed by atoms with Crippen LogP contribution in [0.15, 0.2) is 53.7 Å². The van der Waals surface area contributed by atoms with Gasteiger partial charge in [0.15, 0.2) is 5.96 Å².